The zero-order valence-electron chi connectivity index (χ0n) is 11.3. The maximum atomic E-state index is 6.54. The van der Waals surface area contributed by atoms with Gasteiger partial charge in [-0.25, -0.2) is 0 Å². The maximum Gasteiger partial charge on any atom is 0.0329 e. The number of benzene rings is 2. The topological polar surface area (TPSA) is 52.0 Å². The van der Waals surface area contributed by atoms with Crippen LogP contribution in [0.4, 0.5) is 0 Å². The molecule has 1 atom stereocenters. The molecule has 4 N–H and O–H groups in total. The van der Waals surface area contributed by atoms with Gasteiger partial charge in [0.2, 0.25) is 0 Å². The van der Waals surface area contributed by atoms with Gasteiger partial charge in [0.05, 0.1) is 0 Å². The SMILES string of the molecule is NC1CCC(C(N)c2cccc3ccccc23)CC1. The molecule has 1 saturated carbocycles. The summed E-state index contributed by atoms with van der Waals surface area (Å²) in [6.07, 6.45) is 4.55. The normalized spacial score (nSPS) is 25.4. The number of rotatable bonds is 2. The molecule has 0 radical (unpaired) electrons. The average Bonchev–Trinajstić information content (AvgIpc) is 2.47. The molecule has 1 aliphatic carbocycles. The third-order valence-corrected chi connectivity index (χ3v) is 4.51. The summed E-state index contributed by atoms with van der Waals surface area (Å²) >= 11 is 0. The van der Waals surface area contributed by atoms with Crippen LogP contribution >= 0.6 is 0 Å². The van der Waals surface area contributed by atoms with Crippen molar-refractivity contribution in [2.24, 2.45) is 17.4 Å². The first-order valence-corrected chi connectivity index (χ1v) is 7.24. The van der Waals surface area contributed by atoms with Crippen LogP contribution in [-0.2, 0) is 0 Å². The average molecular weight is 254 g/mol. The molecule has 1 unspecified atom stereocenters. The summed E-state index contributed by atoms with van der Waals surface area (Å²) in [5.41, 5.74) is 13.8. The van der Waals surface area contributed by atoms with Crippen LogP contribution in [0.2, 0.25) is 0 Å². The van der Waals surface area contributed by atoms with Crippen molar-refractivity contribution in [3.63, 3.8) is 0 Å². The fraction of sp³-hybridized carbons (Fsp3) is 0.412. The Balaban J connectivity index is 1.91. The fourth-order valence-electron chi connectivity index (χ4n) is 3.30. The minimum atomic E-state index is 0.138. The van der Waals surface area contributed by atoms with Crippen molar-refractivity contribution in [3.05, 3.63) is 48.0 Å². The molecule has 0 aromatic heterocycles. The molecule has 3 rings (SSSR count). The molecule has 0 amide bonds. The Kier molecular flexibility index (Phi) is 3.54. The Morgan fingerprint density at radius 2 is 1.58 bits per heavy atom. The summed E-state index contributed by atoms with van der Waals surface area (Å²) in [5, 5.41) is 2.58. The van der Waals surface area contributed by atoms with Crippen LogP contribution in [0.5, 0.6) is 0 Å². The summed E-state index contributed by atoms with van der Waals surface area (Å²) in [7, 11) is 0. The smallest absolute Gasteiger partial charge is 0.0329 e. The van der Waals surface area contributed by atoms with Crippen molar-refractivity contribution in [3.8, 4) is 0 Å². The molecular formula is C17H22N2. The summed E-state index contributed by atoms with van der Waals surface area (Å²) in [5.74, 6) is 0.575. The van der Waals surface area contributed by atoms with Crippen molar-refractivity contribution in [2.45, 2.75) is 37.8 Å². The van der Waals surface area contributed by atoms with E-state index in [9.17, 15) is 0 Å². The molecule has 2 nitrogen and oxygen atoms in total. The van der Waals surface area contributed by atoms with E-state index in [0.29, 0.717) is 12.0 Å². The van der Waals surface area contributed by atoms with Gasteiger partial charge in [-0.05, 0) is 47.9 Å². The van der Waals surface area contributed by atoms with Crippen LogP contribution in [0.3, 0.4) is 0 Å². The second-order valence-electron chi connectivity index (χ2n) is 5.77. The minimum Gasteiger partial charge on any atom is -0.328 e. The lowest BCUT2D eigenvalue weighted by atomic mass is 9.79. The van der Waals surface area contributed by atoms with E-state index in [2.05, 4.69) is 42.5 Å². The summed E-state index contributed by atoms with van der Waals surface area (Å²) in [4.78, 5) is 0. The van der Waals surface area contributed by atoms with Crippen molar-refractivity contribution >= 4 is 10.8 Å². The van der Waals surface area contributed by atoms with E-state index < -0.39 is 0 Å². The van der Waals surface area contributed by atoms with Gasteiger partial charge < -0.3 is 11.5 Å². The van der Waals surface area contributed by atoms with Gasteiger partial charge in [-0.15, -0.1) is 0 Å². The first-order chi connectivity index (χ1) is 9.25. The molecule has 0 bridgehead atoms. The van der Waals surface area contributed by atoms with Crippen molar-refractivity contribution in [1.82, 2.24) is 0 Å². The third kappa shape index (κ3) is 2.51. The van der Waals surface area contributed by atoms with Gasteiger partial charge in [-0.2, -0.15) is 0 Å². The number of fused-ring (bicyclic) bond motifs is 1. The zero-order chi connectivity index (χ0) is 13.2. The highest BCUT2D eigenvalue weighted by Gasteiger charge is 2.25. The van der Waals surface area contributed by atoms with E-state index >= 15 is 0 Å². The van der Waals surface area contributed by atoms with Crippen molar-refractivity contribution in [2.75, 3.05) is 0 Å². The number of hydrogen-bond acceptors (Lipinski definition) is 2. The standard InChI is InChI=1S/C17H22N2/c18-14-10-8-13(9-11-14)17(19)16-7-3-5-12-4-1-2-6-15(12)16/h1-7,13-14,17H,8-11,18-19H2. The van der Waals surface area contributed by atoms with E-state index in [0.717, 1.165) is 25.7 Å². The molecule has 1 aliphatic rings. The van der Waals surface area contributed by atoms with Gasteiger partial charge in [0.15, 0.2) is 0 Å². The van der Waals surface area contributed by atoms with Crippen molar-refractivity contribution in [1.29, 1.82) is 0 Å². The molecule has 2 aromatic carbocycles. The lowest BCUT2D eigenvalue weighted by molar-refractivity contribution is 0.286. The molecule has 2 aromatic rings. The quantitative estimate of drug-likeness (QED) is 0.863. The van der Waals surface area contributed by atoms with Gasteiger partial charge in [0.25, 0.3) is 0 Å². The highest BCUT2D eigenvalue weighted by atomic mass is 14.7. The Labute approximate surface area is 114 Å². The lowest BCUT2D eigenvalue weighted by Gasteiger charge is -2.31. The van der Waals surface area contributed by atoms with Crippen LogP contribution in [0.15, 0.2) is 42.5 Å². The number of hydrogen-bond donors (Lipinski definition) is 2. The van der Waals surface area contributed by atoms with E-state index in [1.807, 2.05) is 0 Å². The fourth-order valence-corrected chi connectivity index (χ4v) is 3.30. The first-order valence-electron chi connectivity index (χ1n) is 7.24. The lowest BCUT2D eigenvalue weighted by Crippen LogP contribution is -2.31. The molecule has 100 valence electrons. The van der Waals surface area contributed by atoms with Gasteiger partial charge in [0, 0.05) is 12.1 Å². The van der Waals surface area contributed by atoms with E-state index in [1.165, 1.54) is 16.3 Å². The third-order valence-electron chi connectivity index (χ3n) is 4.51. The molecule has 2 heteroatoms. The van der Waals surface area contributed by atoms with Gasteiger partial charge in [-0.3, -0.25) is 0 Å². The van der Waals surface area contributed by atoms with Crippen LogP contribution in [0.1, 0.15) is 37.3 Å². The monoisotopic (exact) mass is 254 g/mol. The second-order valence-corrected chi connectivity index (χ2v) is 5.77. The van der Waals surface area contributed by atoms with Crippen molar-refractivity contribution < 1.29 is 0 Å². The van der Waals surface area contributed by atoms with Crippen LogP contribution in [-0.4, -0.2) is 6.04 Å². The Hall–Kier alpha value is -1.38. The summed E-state index contributed by atoms with van der Waals surface area (Å²) in [6.45, 7) is 0. The first kappa shape index (κ1) is 12.6. The van der Waals surface area contributed by atoms with E-state index in [1.54, 1.807) is 0 Å². The van der Waals surface area contributed by atoms with E-state index in [-0.39, 0.29) is 6.04 Å². The van der Waals surface area contributed by atoms with Crippen LogP contribution < -0.4 is 11.5 Å². The van der Waals surface area contributed by atoms with Gasteiger partial charge in [-0.1, -0.05) is 42.5 Å². The predicted octanol–water partition coefficient (Wildman–Crippen LogP) is 3.36. The highest BCUT2D eigenvalue weighted by Crippen LogP contribution is 2.35. The largest absolute Gasteiger partial charge is 0.328 e. The molecule has 0 heterocycles. The molecule has 0 spiro atoms. The van der Waals surface area contributed by atoms with Gasteiger partial charge >= 0.3 is 0 Å². The summed E-state index contributed by atoms with van der Waals surface area (Å²) < 4.78 is 0. The Morgan fingerprint density at radius 3 is 2.37 bits per heavy atom. The second kappa shape index (κ2) is 5.32. The molecule has 1 fully saturated rings. The minimum absolute atomic E-state index is 0.138. The predicted molar refractivity (Wildman–Crippen MR) is 80.8 cm³/mol. The van der Waals surface area contributed by atoms with E-state index in [4.69, 9.17) is 11.5 Å². The van der Waals surface area contributed by atoms with Crippen LogP contribution in [0.25, 0.3) is 10.8 Å². The van der Waals surface area contributed by atoms with Gasteiger partial charge in [0.1, 0.15) is 0 Å². The molecule has 0 aliphatic heterocycles. The maximum absolute atomic E-state index is 6.54. The summed E-state index contributed by atoms with van der Waals surface area (Å²) in [6, 6.07) is 15.5. The molecule has 0 saturated heterocycles. The number of nitrogens with two attached hydrogens (primary N) is 2. The highest BCUT2D eigenvalue weighted by molar-refractivity contribution is 5.86. The Morgan fingerprint density at radius 1 is 0.895 bits per heavy atom. The van der Waals surface area contributed by atoms with Crippen LogP contribution in [0, 0.1) is 5.92 Å². The zero-order valence-corrected chi connectivity index (χ0v) is 11.3. The molecule has 19 heavy (non-hydrogen) atoms. The molecular weight excluding hydrogens is 232 g/mol. The Bertz CT molecular complexity index is 551.